The summed E-state index contributed by atoms with van der Waals surface area (Å²) in [6, 6.07) is 15.0. The molecule has 5 aromatic rings. The zero-order valence-electron chi connectivity index (χ0n) is 43.4. The second-order valence-corrected chi connectivity index (χ2v) is 19.5. The topological polar surface area (TPSA) is 413 Å². The monoisotopic (exact) mass is 1110 g/mol. The molecule has 0 radical (unpaired) electrons. The standard InChI is InChI=1S/C53H68N14O11S/c1-79-22-20-36(54)46(72)62-39(18-19-44(68)69)49(75)67-43(26-34-28-57-30-61-34)52(78)65-41(24-32-13-6-3-7-14-32)51(77)64-40(23-31-11-4-2-5-12-31)50(76)63-38(17-10-21-58-53(55)56)48(74)66-42(47(73)60-29-45(70)71)25-33-27-59-37-16-9-8-15-35(33)37/h2-9,11-16,27-28,30,36,38-43,59H,10,17-26,29,54H2,1H3,(H,57,61)(H,60,73)(H,62,72)(H,63,76)(H,64,77)(H,65,78)(H,66,74)(H,67,75)(H,68,69)(H,70,71)(H4,55,56,58)/t36-,38-,39-,40-,41-,42-,43-/m0/s1. The van der Waals surface area contributed by atoms with Crippen LogP contribution in [-0.2, 0) is 68.8 Å². The Kier molecular flexibility index (Phi) is 24.3. The molecule has 7 atom stereocenters. The first-order valence-electron chi connectivity index (χ1n) is 25.3. The normalized spacial score (nSPS) is 13.6. The highest BCUT2D eigenvalue weighted by molar-refractivity contribution is 7.98. The van der Waals surface area contributed by atoms with E-state index in [1.807, 2.05) is 24.5 Å². The van der Waals surface area contributed by atoms with Crippen molar-refractivity contribution in [2.45, 2.75) is 100 Å². The molecule has 2 aromatic heterocycles. The van der Waals surface area contributed by atoms with E-state index in [-0.39, 0.29) is 63.9 Å². The van der Waals surface area contributed by atoms with Gasteiger partial charge in [0.2, 0.25) is 41.4 Å². The van der Waals surface area contributed by atoms with E-state index in [4.69, 9.17) is 17.2 Å². The van der Waals surface area contributed by atoms with Crippen LogP contribution in [0.25, 0.3) is 10.9 Å². The number of carbonyl (C=O) groups excluding carboxylic acids is 7. The van der Waals surface area contributed by atoms with E-state index < -0.39 is 109 Å². The Hall–Kier alpha value is -8.78. The molecule has 0 saturated carbocycles. The minimum atomic E-state index is -1.46. The highest BCUT2D eigenvalue weighted by atomic mass is 32.2. The van der Waals surface area contributed by atoms with Crippen LogP contribution in [0.5, 0.6) is 0 Å². The number of thioether (sulfide) groups is 1. The van der Waals surface area contributed by atoms with Crippen molar-refractivity contribution >= 4 is 81.9 Å². The quantitative estimate of drug-likeness (QED) is 0.0140. The molecule has 0 aliphatic heterocycles. The van der Waals surface area contributed by atoms with Gasteiger partial charge in [-0.1, -0.05) is 78.9 Å². The molecule has 2 heterocycles. The van der Waals surface area contributed by atoms with Gasteiger partial charge in [0.05, 0.1) is 12.4 Å². The second-order valence-electron chi connectivity index (χ2n) is 18.5. The van der Waals surface area contributed by atoms with Crippen molar-refractivity contribution < 1.29 is 53.4 Å². The number of carboxylic acids is 2. The van der Waals surface area contributed by atoms with Crippen molar-refractivity contribution in [2.75, 3.05) is 25.1 Å². The summed E-state index contributed by atoms with van der Waals surface area (Å²) in [6.45, 7) is -0.705. The average Bonchev–Trinajstić information content (AvgIpc) is 4.16. The van der Waals surface area contributed by atoms with E-state index in [9.17, 15) is 53.4 Å². The first-order chi connectivity index (χ1) is 37.9. The number of amides is 7. The highest BCUT2D eigenvalue weighted by Gasteiger charge is 2.35. The number of rotatable bonds is 33. The van der Waals surface area contributed by atoms with Gasteiger partial charge in [0.15, 0.2) is 5.96 Å². The third-order valence-electron chi connectivity index (χ3n) is 12.4. The Bertz CT molecular complexity index is 2870. The lowest BCUT2D eigenvalue weighted by Gasteiger charge is -2.28. The molecule has 5 rings (SSSR count). The minimum absolute atomic E-state index is 0.0386. The largest absolute Gasteiger partial charge is 0.481 e. The number of guanidine groups is 1. The molecule has 79 heavy (non-hydrogen) atoms. The van der Waals surface area contributed by atoms with Gasteiger partial charge in [-0.2, -0.15) is 11.8 Å². The van der Waals surface area contributed by atoms with Gasteiger partial charge >= 0.3 is 11.9 Å². The summed E-state index contributed by atoms with van der Waals surface area (Å²) in [6.07, 6.45) is 5.16. The van der Waals surface area contributed by atoms with Gasteiger partial charge in [-0.05, 0) is 60.4 Å². The number of carboxylic acid groups (broad SMARTS) is 2. The Balaban J connectivity index is 1.45. The minimum Gasteiger partial charge on any atom is -0.481 e. The molecule has 26 heteroatoms. The number of aliphatic imine (C=N–C) groups is 1. The summed E-state index contributed by atoms with van der Waals surface area (Å²) in [5.41, 5.74) is 20.1. The number of nitrogens with zero attached hydrogens (tertiary/aromatic N) is 2. The van der Waals surface area contributed by atoms with Gasteiger partial charge < -0.3 is 74.6 Å². The van der Waals surface area contributed by atoms with Gasteiger partial charge in [0.1, 0.15) is 42.8 Å². The number of aromatic nitrogens is 3. The summed E-state index contributed by atoms with van der Waals surface area (Å²) in [5.74, 6) is -8.08. The maximum atomic E-state index is 14.8. The number of imidazole rings is 1. The lowest BCUT2D eigenvalue weighted by atomic mass is 10.0. The summed E-state index contributed by atoms with van der Waals surface area (Å²) < 4.78 is 0. The Morgan fingerprint density at radius 2 is 1.10 bits per heavy atom. The van der Waals surface area contributed by atoms with Gasteiger partial charge in [0.25, 0.3) is 0 Å². The Morgan fingerprint density at radius 1 is 0.595 bits per heavy atom. The number of H-pyrrole nitrogens is 2. The summed E-state index contributed by atoms with van der Waals surface area (Å²) >= 11 is 1.46. The SMILES string of the molecule is CSCC[C@H](N)C(=O)N[C@@H](CCC(=O)O)C(=O)N[C@@H](Cc1cnc[nH]1)C(=O)N[C@@H](Cc1ccccc1)C(=O)N[C@@H](Cc1ccccc1)C(=O)N[C@@H](CCCN=C(N)N)C(=O)N[C@@H](Cc1c[nH]c2ccccc12)C(=O)NCC(=O)O. The number of nitrogens with one attached hydrogen (secondary N) is 9. The molecular weight excluding hydrogens is 1040 g/mol. The lowest BCUT2D eigenvalue weighted by Crippen LogP contribution is -2.61. The lowest BCUT2D eigenvalue weighted by molar-refractivity contribution is -0.139. The second kappa shape index (κ2) is 31.4. The maximum Gasteiger partial charge on any atom is 0.322 e. The van der Waals surface area contributed by atoms with Crippen molar-refractivity contribution in [3.8, 4) is 0 Å². The van der Waals surface area contributed by atoms with Crippen LogP contribution in [0.15, 0.2) is 109 Å². The first-order valence-corrected chi connectivity index (χ1v) is 26.7. The van der Waals surface area contributed by atoms with Gasteiger partial charge in [0, 0.05) is 67.6 Å². The van der Waals surface area contributed by atoms with Crippen molar-refractivity contribution in [2.24, 2.45) is 22.2 Å². The van der Waals surface area contributed by atoms with Crippen LogP contribution in [-0.4, -0.2) is 152 Å². The van der Waals surface area contributed by atoms with Crippen LogP contribution < -0.4 is 54.4 Å². The van der Waals surface area contributed by atoms with Crippen molar-refractivity contribution in [1.29, 1.82) is 0 Å². The molecule has 422 valence electrons. The fourth-order valence-corrected chi connectivity index (χ4v) is 8.77. The molecule has 0 bridgehead atoms. The van der Waals surface area contributed by atoms with Crippen LogP contribution in [0, 0.1) is 0 Å². The predicted octanol–water partition coefficient (Wildman–Crippen LogP) is -0.730. The van der Waals surface area contributed by atoms with Gasteiger partial charge in [-0.3, -0.25) is 48.1 Å². The first kappa shape index (κ1) is 61.1. The third kappa shape index (κ3) is 20.6. The number of hydrogen-bond acceptors (Lipinski definition) is 13. The van der Waals surface area contributed by atoms with E-state index in [0.29, 0.717) is 28.1 Å². The molecule has 25 nitrogen and oxygen atoms in total. The molecule has 0 unspecified atom stereocenters. The summed E-state index contributed by atoms with van der Waals surface area (Å²) in [5, 5.41) is 38.0. The Labute approximate surface area is 459 Å². The summed E-state index contributed by atoms with van der Waals surface area (Å²) in [4.78, 5) is 136. The van der Waals surface area contributed by atoms with Crippen LogP contribution >= 0.6 is 11.8 Å². The fraction of sp³-hybridized carbons (Fsp3) is 0.377. The van der Waals surface area contributed by atoms with Crippen molar-refractivity contribution in [1.82, 2.24) is 52.2 Å². The average molecular weight is 1110 g/mol. The van der Waals surface area contributed by atoms with Crippen molar-refractivity contribution in [3.63, 3.8) is 0 Å². The molecular formula is C53H68N14O11S. The fourth-order valence-electron chi connectivity index (χ4n) is 8.28. The predicted molar refractivity (Wildman–Crippen MR) is 295 cm³/mol. The van der Waals surface area contributed by atoms with E-state index in [1.54, 1.807) is 72.9 Å². The van der Waals surface area contributed by atoms with Gasteiger partial charge in [-0.15, -0.1) is 0 Å². The number of nitrogens with two attached hydrogens (primary N) is 3. The number of aromatic amines is 2. The number of carbonyl (C=O) groups is 9. The van der Waals surface area contributed by atoms with Gasteiger partial charge in [-0.25, -0.2) is 4.98 Å². The maximum absolute atomic E-state index is 14.8. The van der Waals surface area contributed by atoms with E-state index in [0.717, 1.165) is 10.9 Å². The molecule has 0 aliphatic carbocycles. The molecule has 7 amide bonds. The third-order valence-corrected chi connectivity index (χ3v) is 13.1. The Morgan fingerprint density at radius 3 is 1.63 bits per heavy atom. The van der Waals surface area contributed by atoms with Crippen molar-refractivity contribution in [3.05, 3.63) is 126 Å². The molecule has 0 saturated heterocycles. The molecule has 0 fully saturated rings. The zero-order valence-corrected chi connectivity index (χ0v) is 44.3. The van der Waals surface area contributed by atoms with Crippen LogP contribution in [0.4, 0.5) is 0 Å². The van der Waals surface area contributed by atoms with E-state index in [2.05, 4.69) is 57.2 Å². The van der Waals surface area contributed by atoms with E-state index >= 15 is 0 Å². The smallest absolute Gasteiger partial charge is 0.322 e. The van der Waals surface area contributed by atoms with Crippen LogP contribution in [0.3, 0.4) is 0 Å². The molecule has 0 aliphatic rings. The molecule has 0 spiro atoms. The van der Waals surface area contributed by atoms with Crippen LogP contribution in [0.1, 0.15) is 54.5 Å². The van der Waals surface area contributed by atoms with Crippen LogP contribution in [0.2, 0.25) is 0 Å². The zero-order chi connectivity index (χ0) is 57.3. The molecule has 17 N–H and O–H groups in total. The number of hydrogen-bond donors (Lipinski definition) is 14. The number of para-hydroxylation sites is 1. The number of fused-ring (bicyclic) bond motifs is 1. The van der Waals surface area contributed by atoms with E-state index in [1.165, 1.54) is 24.3 Å². The number of benzene rings is 3. The number of aliphatic carboxylic acids is 2. The molecule has 3 aromatic carbocycles. The highest BCUT2D eigenvalue weighted by Crippen LogP contribution is 2.20. The summed E-state index contributed by atoms with van der Waals surface area (Å²) in [7, 11) is 0.